The molecular formula is C30H30FN3O4S. The maximum absolute atomic E-state index is 13.6. The van der Waals surface area contributed by atoms with Gasteiger partial charge in [-0.2, -0.15) is 0 Å². The van der Waals surface area contributed by atoms with Crippen LogP contribution in [0.3, 0.4) is 0 Å². The van der Waals surface area contributed by atoms with Gasteiger partial charge < -0.3 is 14.2 Å². The van der Waals surface area contributed by atoms with Gasteiger partial charge in [0.1, 0.15) is 5.82 Å². The monoisotopic (exact) mass is 547 g/mol. The van der Waals surface area contributed by atoms with Crippen LogP contribution in [0.15, 0.2) is 96.3 Å². The van der Waals surface area contributed by atoms with Crippen LogP contribution in [0, 0.1) is 5.82 Å². The van der Waals surface area contributed by atoms with Gasteiger partial charge in [0.2, 0.25) is 15.0 Å². The van der Waals surface area contributed by atoms with Gasteiger partial charge in [-0.05, 0) is 48.2 Å². The molecule has 1 aliphatic rings. The first-order chi connectivity index (χ1) is 18.9. The summed E-state index contributed by atoms with van der Waals surface area (Å²) >= 11 is 0. The van der Waals surface area contributed by atoms with Crippen LogP contribution in [0.5, 0.6) is 0 Å². The molecule has 1 atom stereocenters. The van der Waals surface area contributed by atoms with Crippen LogP contribution in [0.4, 0.5) is 4.39 Å². The summed E-state index contributed by atoms with van der Waals surface area (Å²) in [6.45, 7) is 1.37. The Kier molecular flexibility index (Phi) is 8.18. The van der Waals surface area contributed by atoms with E-state index >= 15 is 0 Å². The fourth-order valence-corrected chi connectivity index (χ4v) is 6.27. The van der Waals surface area contributed by atoms with Gasteiger partial charge in [0.05, 0.1) is 36.8 Å². The predicted octanol–water partition coefficient (Wildman–Crippen LogP) is 4.87. The summed E-state index contributed by atoms with van der Waals surface area (Å²) in [6, 6.07) is 23.9. The molecule has 1 amide bonds. The summed E-state index contributed by atoms with van der Waals surface area (Å²) in [7, 11) is -3.80. The number of carbonyl (C=O) groups is 1. The quantitative estimate of drug-likeness (QED) is 0.283. The van der Waals surface area contributed by atoms with E-state index in [2.05, 4.69) is 4.98 Å². The van der Waals surface area contributed by atoms with Crippen molar-refractivity contribution in [2.75, 3.05) is 13.2 Å². The third-order valence-corrected chi connectivity index (χ3v) is 8.34. The number of aromatic nitrogens is 2. The normalized spacial score (nSPS) is 15.4. The topological polar surface area (TPSA) is 81.5 Å². The van der Waals surface area contributed by atoms with Gasteiger partial charge in [0.25, 0.3) is 5.91 Å². The Bertz CT molecular complexity index is 1500. The molecule has 0 spiro atoms. The summed E-state index contributed by atoms with van der Waals surface area (Å²) in [5.41, 5.74) is 2.50. The van der Waals surface area contributed by atoms with Crippen LogP contribution in [-0.2, 0) is 33.4 Å². The second kappa shape index (κ2) is 11.9. The van der Waals surface area contributed by atoms with Gasteiger partial charge in [-0.3, -0.25) is 4.79 Å². The lowest BCUT2D eigenvalue weighted by molar-refractivity contribution is 0.0501. The van der Waals surface area contributed by atoms with E-state index in [4.69, 9.17) is 4.74 Å². The first-order valence-corrected chi connectivity index (χ1v) is 14.6. The number of hydrogen-bond acceptors (Lipinski definition) is 5. The zero-order chi connectivity index (χ0) is 27.2. The average Bonchev–Trinajstić information content (AvgIpc) is 3.60. The van der Waals surface area contributed by atoms with Crippen LogP contribution in [0.1, 0.15) is 40.0 Å². The van der Waals surface area contributed by atoms with Gasteiger partial charge in [0.15, 0.2) is 0 Å². The minimum Gasteiger partial charge on any atom is -0.376 e. The van der Waals surface area contributed by atoms with Crippen LogP contribution in [0.2, 0.25) is 0 Å². The Morgan fingerprint density at radius 3 is 2.28 bits per heavy atom. The fraction of sp³-hybridized carbons (Fsp3) is 0.267. The average molecular weight is 548 g/mol. The molecule has 1 fully saturated rings. The molecule has 9 heteroatoms. The zero-order valence-corrected chi connectivity index (χ0v) is 22.3. The van der Waals surface area contributed by atoms with E-state index in [-0.39, 0.29) is 36.0 Å². The Labute approximate surface area is 227 Å². The van der Waals surface area contributed by atoms with E-state index in [9.17, 15) is 17.6 Å². The van der Waals surface area contributed by atoms with E-state index < -0.39 is 15.7 Å². The van der Waals surface area contributed by atoms with Crippen molar-refractivity contribution < 1.29 is 22.3 Å². The number of nitrogens with zero attached hydrogens (tertiary/aromatic N) is 3. The number of imidazole rings is 1. The van der Waals surface area contributed by atoms with Crippen molar-refractivity contribution in [3.63, 3.8) is 0 Å². The summed E-state index contributed by atoms with van der Waals surface area (Å²) < 4.78 is 48.1. The molecule has 0 bridgehead atoms. The molecule has 0 unspecified atom stereocenters. The molecule has 7 nitrogen and oxygen atoms in total. The molecule has 3 aromatic carbocycles. The number of halogens is 1. The predicted molar refractivity (Wildman–Crippen MR) is 145 cm³/mol. The van der Waals surface area contributed by atoms with Crippen LogP contribution in [0.25, 0.3) is 0 Å². The molecular weight excluding hydrogens is 517 g/mol. The van der Waals surface area contributed by atoms with Crippen molar-refractivity contribution in [1.29, 1.82) is 0 Å². The highest BCUT2D eigenvalue weighted by Crippen LogP contribution is 2.23. The van der Waals surface area contributed by atoms with Crippen molar-refractivity contribution in [2.45, 2.75) is 42.9 Å². The van der Waals surface area contributed by atoms with Crippen LogP contribution in [-0.4, -0.2) is 48.0 Å². The summed E-state index contributed by atoms with van der Waals surface area (Å²) in [6.07, 6.45) is 3.15. The fourth-order valence-electron chi connectivity index (χ4n) is 4.78. The highest BCUT2D eigenvalue weighted by atomic mass is 32.2. The van der Waals surface area contributed by atoms with E-state index in [1.807, 2.05) is 36.4 Å². The summed E-state index contributed by atoms with van der Waals surface area (Å²) in [5, 5.41) is -0.0449. The van der Waals surface area contributed by atoms with E-state index in [0.29, 0.717) is 30.0 Å². The lowest BCUT2D eigenvalue weighted by atomic mass is 10.1. The lowest BCUT2D eigenvalue weighted by Crippen LogP contribution is -2.37. The number of amides is 1. The molecule has 0 saturated carbocycles. The summed E-state index contributed by atoms with van der Waals surface area (Å²) in [5.74, 6) is -0.897. The van der Waals surface area contributed by atoms with Gasteiger partial charge in [-0.25, -0.2) is 17.8 Å². The molecule has 1 aliphatic heterocycles. The van der Waals surface area contributed by atoms with Gasteiger partial charge >= 0.3 is 0 Å². The number of sulfone groups is 1. The minimum absolute atomic E-state index is 0.0449. The second-order valence-corrected chi connectivity index (χ2v) is 11.6. The number of ether oxygens (including phenoxy) is 1. The largest absolute Gasteiger partial charge is 0.376 e. The SMILES string of the molecule is O=C(c1ccc(F)cc1)N(Cc1cnc(S(=O)(=O)Cc2ccccc2)n1Cc1ccccc1)C[C@H]1CCCO1. The molecule has 1 aromatic heterocycles. The van der Waals surface area contributed by atoms with Crippen molar-refractivity contribution in [1.82, 2.24) is 14.5 Å². The van der Waals surface area contributed by atoms with Crippen molar-refractivity contribution >= 4 is 15.7 Å². The Morgan fingerprint density at radius 2 is 1.64 bits per heavy atom. The lowest BCUT2D eigenvalue weighted by Gasteiger charge is -2.26. The molecule has 4 aromatic rings. The first-order valence-electron chi connectivity index (χ1n) is 12.9. The van der Waals surface area contributed by atoms with Crippen LogP contribution >= 0.6 is 0 Å². The first kappa shape index (κ1) is 26.8. The number of rotatable bonds is 10. The Balaban J connectivity index is 1.50. The maximum atomic E-state index is 13.6. The highest BCUT2D eigenvalue weighted by molar-refractivity contribution is 7.90. The summed E-state index contributed by atoms with van der Waals surface area (Å²) in [4.78, 5) is 19.6. The number of carbonyl (C=O) groups excluding carboxylic acids is 1. The van der Waals surface area contributed by atoms with Crippen LogP contribution < -0.4 is 0 Å². The number of benzene rings is 3. The molecule has 0 aliphatic carbocycles. The molecule has 5 rings (SSSR count). The smallest absolute Gasteiger partial charge is 0.254 e. The van der Waals surface area contributed by atoms with E-state index in [1.54, 1.807) is 33.7 Å². The van der Waals surface area contributed by atoms with E-state index in [1.165, 1.54) is 30.5 Å². The molecule has 202 valence electrons. The Hall–Kier alpha value is -3.82. The molecule has 0 N–H and O–H groups in total. The molecule has 0 radical (unpaired) electrons. The maximum Gasteiger partial charge on any atom is 0.254 e. The van der Waals surface area contributed by atoms with Gasteiger partial charge in [-0.1, -0.05) is 60.7 Å². The second-order valence-electron chi connectivity index (χ2n) is 9.68. The van der Waals surface area contributed by atoms with Crippen molar-refractivity contribution in [3.8, 4) is 0 Å². The Morgan fingerprint density at radius 1 is 0.974 bits per heavy atom. The van der Waals surface area contributed by atoms with Crippen molar-refractivity contribution in [3.05, 3.63) is 119 Å². The third-order valence-electron chi connectivity index (χ3n) is 6.74. The van der Waals surface area contributed by atoms with Gasteiger partial charge in [-0.15, -0.1) is 0 Å². The van der Waals surface area contributed by atoms with Crippen molar-refractivity contribution in [2.24, 2.45) is 0 Å². The molecule has 2 heterocycles. The zero-order valence-electron chi connectivity index (χ0n) is 21.4. The third kappa shape index (κ3) is 6.61. The minimum atomic E-state index is -3.80. The van der Waals surface area contributed by atoms with Gasteiger partial charge in [0, 0.05) is 18.7 Å². The standard InChI is InChI=1S/C30H30FN3O4S/c31-26-15-13-25(14-16-26)29(35)33(21-28-12-7-17-38-28)20-27-18-32-30(34(27)19-23-8-3-1-4-9-23)39(36,37)22-24-10-5-2-6-11-24/h1-6,8-11,13-16,18,28H,7,12,17,19-22H2/t28-/m1/s1. The number of hydrogen-bond donors (Lipinski definition) is 0. The highest BCUT2D eigenvalue weighted by Gasteiger charge is 2.28. The molecule has 39 heavy (non-hydrogen) atoms. The molecule has 1 saturated heterocycles. The van der Waals surface area contributed by atoms with E-state index in [0.717, 1.165) is 18.4 Å².